The molecule has 0 atom stereocenters. The van der Waals surface area contributed by atoms with Crippen LogP contribution in [0, 0.1) is 0 Å². The van der Waals surface area contributed by atoms with Gasteiger partial charge in [0.1, 0.15) is 0 Å². The van der Waals surface area contributed by atoms with Crippen LogP contribution in [-0.2, 0) is 0 Å². The molecule has 0 aromatic heterocycles. The molecular weight excluding hydrogens is 342 g/mol. The van der Waals surface area contributed by atoms with Crippen molar-refractivity contribution in [1.82, 2.24) is 10.9 Å². The maximum Gasteiger partial charge on any atom is 0.269 e. The number of ether oxygens (including phenoxy) is 2. The van der Waals surface area contributed by atoms with Gasteiger partial charge in [0.2, 0.25) is 0 Å². The molecule has 0 heterocycles. The number of amides is 1. The Balaban J connectivity index is 1.99. The van der Waals surface area contributed by atoms with E-state index < -0.39 is 0 Å². The Kier molecular flexibility index (Phi) is 7.11. The molecule has 0 aliphatic rings. The predicted molar refractivity (Wildman–Crippen MR) is 109 cm³/mol. The first kappa shape index (κ1) is 20.2. The topological polar surface area (TPSA) is 62.8 Å². The van der Waals surface area contributed by atoms with E-state index in [1.807, 2.05) is 30.3 Å². The second kappa shape index (κ2) is 9.52. The monoisotopic (exact) mass is 369 g/mol. The maximum atomic E-state index is 12.4. The van der Waals surface area contributed by atoms with Crippen LogP contribution in [0.1, 0.15) is 29.8 Å². The first-order valence-corrected chi connectivity index (χ1v) is 8.86. The van der Waals surface area contributed by atoms with Crippen molar-refractivity contribution >= 4 is 17.3 Å². The molecule has 6 nitrogen and oxygen atoms in total. The van der Waals surface area contributed by atoms with Gasteiger partial charge in [-0.3, -0.25) is 15.6 Å². The van der Waals surface area contributed by atoms with Gasteiger partial charge < -0.3 is 14.4 Å². The third kappa shape index (κ3) is 4.94. The third-order valence-corrected chi connectivity index (χ3v) is 4.32. The standard InChI is InChI=1S/C21H27N3O3/c1-6-24(7-2)18-11-8-16(9-12-18)21(25)23-22-15(3)17-10-13-19(26-4)20(14-17)27-5/h8-14,22H,3,6-7H2,1-2,4-5H3,(H,23,25). The van der Waals surface area contributed by atoms with Gasteiger partial charge in [0, 0.05) is 29.9 Å². The Hall–Kier alpha value is -3.15. The summed E-state index contributed by atoms with van der Waals surface area (Å²) in [5.74, 6) is 0.991. The van der Waals surface area contributed by atoms with Gasteiger partial charge in [-0.15, -0.1) is 0 Å². The van der Waals surface area contributed by atoms with Crippen molar-refractivity contribution in [2.24, 2.45) is 0 Å². The van der Waals surface area contributed by atoms with Crippen LogP contribution in [-0.4, -0.2) is 33.2 Å². The minimum absolute atomic E-state index is 0.234. The fraction of sp³-hybridized carbons (Fsp3) is 0.286. The second-order valence-corrected chi connectivity index (χ2v) is 5.85. The van der Waals surface area contributed by atoms with Gasteiger partial charge in [-0.05, 0) is 56.3 Å². The number of hydrazine groups is 1. The molecule has 0 fully saturated rings. The van der Waals surface area contributed by atoms with Crippen LogP contribution < -0.4 is 25.2 Å². The maximum absolute atomic E-state index is 12.4. The van der Waals surface area contributed by atoms with E-state index in [1.54, 1.807) is 26.4 Å². The highest BCUT2D eigenvalue weighted by atomic mass is 16.5. The first-order valence-electron chi connectivity index (χ1n) is 8.86. The number of carbonyl (C=O) groups is 1. The molecule has 0 bridgehead atoms. The number of hydrogen-bond acceptors (Lipinski definition) is 5. The quantitative estimate of drug-likeness (QED) is 0.663. The minimum Gasteiger partial charge on any atom is -0.493 e. The molecule has 0 unspecified atom stereocenters. The summed E-state index contributed by atoms with van der Waals surface area (Å²) in [6.07, 6.45) is 0. The van der Waals surface area contributed by atoms with E-state index in [4.69, 9.17) is 9.47 Å². The summed E-state index contributed by atoms with van der Waals surface area (Å²) in [5.41, 5.74) is 8.50. The van der Waals surface area contributed by atoms with Gasteiger partial charge in [0.25, 0.3) is 5.91 Å². The van der Waals surface area contributed by atoms with Gasteiger partial charge in [-0.25, -0.2) is 0 Å². The van der Waals surface area contributed by atoms with Crippen LogP contribution in [0.2, 0.25) is 0 Å². The van der Waals surface area contributed by atoms with Crippen LogP contribution in [0.4, 0.5) is 5.69 Å². The van der Waals surface area contributed by atoms with E-state index in [1.165, 1.54) is 0 Å². The van der Waals surface area contributed by atoms with E-state index in [9.17, 15) is 4.79 Å². The summed E-state index contributed by atoms with van der Waals surface area (Å²) in [7, 11) is 3.15. The molecule has 2 aromatic rings. The number of anilines is 1. The van der Waals surface area contributed by atoms with E-state index in [0.717, 1.165) is 24.3 Å². The molecule has 0 aliphatic carbocycles. The number of hydrogen-bond donors (Lipinski definition) is 2. The largest absolute Gasteiger partial charge is 0.493 e. The highest BCUT2D eigenvalue weighted by Gasteiger charge is 2.10. The summed E-state index contributed by atoms with van der Waals surface area (Å²) in [6, 6.07) is 12.9. The normalized spacial score (nSPS) is 10.1. The molecule has 27 heavy (non-hydrogen) atoms. The Morgan fingerprint density at radius 1 is 0.926 bits per heavy atom. The van der Waals surface area contributed by atoms with Crippen LogP contribution in [0.15, 0.2) is 49.0 Å². The number of rotatable bonds is 9. The highest BCUT2D eigenvalue weighted by molar-refractivity contribution is 5.94. The summed E-state index contributed by atoms with van der Waals surface area (Å²) < 4.78 is 10.5. The first-order chi connectivity index (χ1) is 13.0. The number of nitrogens with zero attached hydrogens (tertiary/aromatic N) is 1. The van der Waals surface area contributed by atoms with Gasteiger partial charge >= 0.3 is 0 Å². The molecular formula is C21H27N3O3. The van der Waals surface area contributed by atoms with Crippen LogP contribution in [0.3, 0.4) is 0 Å². The Morgan fingerprint density at radius 3 is 2.07 bits per heavy atom. The van der Waals surface area contributed by atoms with Gasteiger partial charge in [-0.1, -0.05) is 6.58 Å². The Morgan fingerprint density at radius 2 is 1.52 bits per heavy atom. The Bertz CT molecular complexity index is 784. The highest BCUT2D eigenvalue weighted by Crippen LogP contribution is 2.29. The van der Waals surface area contributed by atoms with Gasteiger partial charge in [0.15, 0.2) is 11.5 Å². The van der Waals surface area contributed by atoms with Crippen molar-refractivity contribution in [3.05, 3.63) is 60.2 Å². The summed E-state index contributed by atoms with van der Waals surface area (Å²) >= 11 is 0. The number of benzene rings is 2. The van der Waals surface area contributed by atoms with Crippen molar-refractivity contribution in [3.8, 4) is 11.5 Å². The van der Waals surface area contributed by atoms with E-state index in [2.05, 4.69) is 36.2 Å². The number of nitrogens with one attached hydrogen (secondary N) is 2. The van der Waals surface area contributed by atoms with Crippen LogP contribution >= 0.6 is 0 Å². The molecule has 144 valence electrons. The number of methoxy groups -OCH3 is 2. The Labute approximate surface area is 160 Å². The molecule has 1 amide bonds. The molecule has 2 rings (SSSR count). The lowest BCUT2D eigenvalue weighted by Gasteiger charge is -2.21. The molecule has 2 aromatic carbocycles. The fourth-order valence-electron chi connectivity index (χ4n) is 2.71. The summed E-state index contributed by atoms with van der Waals surface area (Å²) in [4.78, 5) is 14.6. The van der Waals surface area contributed by atoms with Crippen LogP contribution in [0.25, 0.3) is 5.70 Å². The van der Waals surface area contributed by atoms with E-state index >= 15 is 0 Å². The van der Waals surface area contributed by atoms with E-state index in [0.29, 0.717) is 22.8 Å². The minimum atomic E-state index is -0.234. The second-order valence-electron chi connectivity index (χ2n) is 5.85. The molecule has 6 heteroatoms. The van der Waals surface area contributed by atoms with Crippen LogP contribution in [0.5, 0.6) is 11.5 Å². The number of carbonyl (C=O) groups excluding carboxylic acids is 1. The van der Waals surface area contributed by atoms with E-state index in [-0.39, 0.29) is 5.91 Å². The average Bonchev–Trinajstić information content (AvgIpc) is 2.72. The van der Waals surface area contributed by atoms with Crippen molar-refractivity contribution < 1.29 is 14.3 Å². The van der Waals surface area contributed by atoms with Crippen molar-refractivity contribution in [2.45, 2.75) is 13.8 Å². The molecule has 0 spiro atoms. The average molecular weight is 369 g/mol. The lowest BCUT2D eigenvalue weighted by Crippen LogP contribution is -2.35. The van der Waals surface area contributed by atoms with Crippen molar-refractivity contribution in [3.63, 3.8) is 0 Å². The molecule has 2 N–H and O–H groups in total. The summed E-state index contributed by atoms with van der Waals surface area (Å²) in [5, 5.41) is 0. The van der Waals surface area contributed by atoms with Crippen molar-refractivity contribution in [2.75, 3.05) is 32.2 Å². The summed E-state index contributed by atoms with van der Waals surface area (Å²) in [6.45, 7) is 10.0. The third-order valence-electron chi connectivity index (χ3n) is 4.32. The lowest BCUT2D eigenvalue weighted by molar-refractivity contribution is 0.0942. The zero-order valence-electron chi connectivity index (χ0n) is 16.3. The zero-order valence-corrected chi connectivity index (χ0v) is 16.3. The fourth-order valence-corrected chi connectivity index (χ4v) is 2.71. The van der Waals surface area contributed by atoms with Gasteiger partial charge in [0.05, 0.1) is 19.9 Å². The predicted octanol–water partition coefficient (Wildman–Crippen LogP) is 3.46. The molecule has 0 saturated heterocycles. The smallest absolute Gasteiger partial charge is 0.269 e. The zero-order chi connectivity index (χ0) is 19.8. The van der Waals surface area contributed by atoms with Crippen molar-refractivity contribution in [1.29, 1.82) is 0 Å². The molecule has 0 saturated carbocycles. The van der Waals surface area contributed by atoms with Gasteiger partial charge in [-0.2, -0.15) is 0 Å². The lowest BCUT2D eigenvalue weighted by atomic mass is 10.1. The molecule has 0 aliphatic heterocycles. The SMILES string of the molecule is C=C(NNC(=O)c1ccc(N(CC)CC)cc1)c1ccc(OC)c(OC)c1. The molecule has 0 radical (unpaired) electrons.